The van der Waals surface area contributed by atoms with E-state index in [1.54, 1.807) is 0 Å². The molecule has 0 aliphatic carbocycles. The molecule has 4 aromatic rings. The van der Waals surface area contributed by atoms with Gasteiger partial charge in [0.15, 0.2) is 13.0 Å². The SMILES string of the molecule is Cc1nn(-c2ccccc2)c2c1P(=O)(c1ccccc1)/C(=C1\N(C)c3ccccc3C1(C)C)C=N2. The second-order valence-corrected chi connectivity index (χ2v) is 12.3. The molecule has 5 nitrogen and oxygen atoms in total. The fourth-order valence-electron chi connectivity index (χ4n) is 5.63. The van der Waals surface area contributed by atoms with E-state index in [1.807, 2.05) is 78.5 Å². The zero-order chi connectivity index (χ0) is 24.4. The summed E-state index contributed by atoms with van der Waals surface area (Å²) in [7, 11) is -1.23. The van der Waals surface area contributed by atoms with Gasteiger partial charge in [-0.05, 0) is 30.7 Å². The van der Waals surface area contributed by atoms with E-state index < -0.39 is 7.14 Å². The second kappa shape index (κ2) is 7.66. The minimum atomic E-state index is -3.29. The summed E-state index contributed by atoms with van der Waals surface area (Å²) < 4.78 is 17.4. The lowest BCUT2D eigenvalue weighted by atomic mass is 9.84. The minimum absolute atomic E-state index is 0.335. The van der Waals surface area contributed by atoms with Crippen LogP contribution in [0.15, 0.2) is 101 Å². The molecule has 3 heterocycles. The lowest BCUT2D eigenvalue weighted by Gasteiger charge is -2.32. The van der Waals surface area contributed by atoms with Crippen LogP contribution in [0.5, 0.6) is 0 Å². The number of fused-ring (bicyclic) bond motifs is 2. The van der Waals surface area contributed by atoms with Crippen molar-refractivity contribution in [2.45, 2.75) is 26.2 Å². The summed E-state index contributed by atoms with van der Waals surface area (Å²) in [4.78, 5) is 7.11. The van der Waals surface area contributed by atoms with Crippen molar-refractivity contribution < 1.29 is 4.57 Å². The van der Waals surface area contributed by atoms with Crippen LogP contribution in [0.25, 0.3) is 5.69 Å². The zero-order valence-electron chi connectivity index (χ0n) is 20.3. The Hall–Kier alpha value is -3.69. The lowest BCUT2D eigenvalue weighted by Crippen LogP contribution is -2.30. The normalized spacial score (nSPS) is 22.2. The highest BCUT2D eigenvalue weighted by atomic mass is 31.2. The maximum atomic E-state index is 15.6. The van der Waals surface area contributed by atoms with E-state index in [1.165, 1.54) is 5.56 Å². The van der Waals surface area contributed by atoms with Gasteiger partial charge >= 0.3 is 0 Å². The summed E-state index contributed by atoms with van der Waals surface area (Å²) in [6.07, 6.45) is 1.83. The third-order valence-corrected chi connectivity index (χ3v) is 10.4. The zero-order valence-corrected chi connectivity index (χ0v) is 21.2. The molecule has 0 saturated carbocycles. The first kappa shape index (κ1) is 21.8. The molecule has 2 aliphatic heterocycles. The first-order chi connectivity index (χ1) is 16.8. The monoisotopic (exact) mass is 478 g/mol. The van der Waals surface area contributed by atoms with Crippen LogP contribution < -0.4 is 15.5 Å². The van der Waals surface area contributed by atoms with Crippen molar-refractivity contribution in [3.63, 3.8) is 0 Å². The maximum absolute atomic E-state index is 15.6. The number of aryl methyl sites for hydroxylation is 1. The van der Waals surface area contributed by atoms with Gasteiger partial charge < -0.3 is 9.46 Å². The number of hydrogen-bond acceptors (Lipinski definition) is 4. The Bertz CT molecular complexity index is 1560. The number of hydrogen-bond donors (Lipinski definition) is 0. The van der Waals surface area contributed by atoms with Crippen molar-refractivity contribution in [1.29, 1.82) is 0 Å². The van der Waals surface area contributed by atoms with Crippen LogP contribution >= 0.6 is 7.14 Å². The highest BCUT2D eigenvalue weighted by molar-refractivity contribution is 7.83. The van der Waals surface area contributed by atoms with Gasteiger partial charge in [0.2, 0.25) is 0 Å². The Morgan fingerprint density at radius 2 is 1.49 bits per heavy atom. The van der Waals surface area contributed by atoms with Crippen molar-refractivity contribution in [2.24, 2.45) is 4.99 Å². The average molecular weight is 479 g/mol. The summed E-state index contributed by atoms with van der Waals surface area (Å²) >= 11 is 0. The summed E-state index contributed by atoms with van der Waals surface area (Å²) in [6.45, 7) is 6.35. The quantitative estimate of drug-likeness (QED) is 0.340. The van der Waals surface area contributed by atoms with E-state index in [4.69, 9.17) is 10.1 Å². The van der Waals surface area contributed by atoms with E-state index in [0.29, 0.717) is 5.82 Å². The van der Waals surface area contributed by atoms with Crippen molar-refractivity contribution in [3.05, 3.63) is 107 Å². The molecule has 0 N–H and O–H groups in total. The van der Waals surface area contributed by atoms with E-state index in [0.717, 1.165) is 38.7 Å². The van der Waals surface area contributed by atoms with Gasteiger partial charge in [-0.25, -0.2) is 9.67 Å². The van der Waals surface area contributed by atoms with Crippen molar-refractivity contribution in [2.75, 3.05) is 11.9 Å². The Morgan fingerprint density at radius 3 is 2.17 bits per heavy atom. The van der Waals surface area contributed by atoms with Crippen LogP contribution in [0.2, 0.25) is 0 Å². The molecule has 0 bridgehead atoms. The molecule has 2 aliphatic rings. The number of para-hydroxylation sites is 2. The van der Waals surface area contributed by atoms with Gasteiger partial charge in [-0.2, -0.15) is 5.10 Å². The molecule has 0 fully saturated rings. The standard InChI is InChI=1S/C29H27N4OP/c1-20-26-28(33(31-20)21-13-7-5-8-14-21)30-19-25(35(26,34)22-15-9-6-10-16-22)27-29(2,3)23-17-11-12-18-24(23)32(27)4/h5-19H,1-4H3/b27-25-. The van der Waals surface area contributed by atoms with Crippen molar-refractivity contribution in [1.82, 2.24) is 9.78 Å². The van der Waals surface area contributed by atoms with Gasteiger partial charge in [-0.15, -0.1) is 0 Å². The molecule has 35 heavy (non-hydrogen) atoms. The van der Waals surface area contributed by atoms with Crippen LogP contribution in [0.1, 0.15) is 25.1 Å². The van der Waals surface area contributed by atoms with Crippen molar-refractivity contribution in [3.8, 4) is 5.69 Å². The molecule has 174 valence electrons. The number of anilines is 1. The third kappa shape index (κ3) is 2.98. The fourth-order valence-corrected chi connectivity index (χ4v) is 8.89. The second-order valence-electron chi connectivity index (χ2n) is 9.64. The van der Waals surface area contributed by atoms with E-state index >= 15 is 4.57 Å². The van der Waals surface area contributed by atoms with Crippen LogP contribution in [-0.4, -0.2) is 23.0 Å². The number of rotatable bonds is 2. The molecular weight excluding hydrogens is 451 g/mol. The maximum Gasteiger partial charge on any atom is 0.179 e. The molecule has 6 rings (SSSR count). The third-order valence-electron chi connectivity index (χ3n) is 7.20. The Labute approximate surface area is 205 Å². The van der Waals surface area contributed by atoms with E-state index in [2.05, 4.69) is 50.1 Å². The van der Waals surface area contributed by atoms with Gasteiger partial charge in [0.05, 0.1) is 22.0 Å². The molecule has 1 unspecified atom stereocenters. The Kier molecular flexibility index (Phi) is 4.77. The van der Waals surface area contributed by atoms with Gasteiger partial charge in [-0.3, -0.25) is 0 Å². The first-order valence-corrected chi connectivity index (χ1v) is 13.5. The minimum Gasteiger partial charge on any atom is -0.346 e. The summed E-state index contributed by atoms with van der Waals surface area (Å²) in [5.41, 5.74) is 4.68. The number of nitrogens with zero attached hydrogens (tertiary/aromatic N) is 4. The molecule has 0 saturated heterocycles. The van der Waals surface area contributed by atoms with Crippen LogP contribution in [0.4, 0.5) is 11.5 Å². The molecule has 1 atom stereocenters. The molecule has 1 aromatic heterocycles. The topological polar surface area (TPSA) is 50.5 Å². The van der Waals surface area contributed by atoms with Crippen LogP contribution in [-0.2, 0) is 9.98 Å². The molecular formula is C29H27N4OP. The smallest absolute Gasteiger partial charge is 0.179 e. The molecule has 6 heteroatoms. The van der Waals surface area contributed by atoms with E-state index in [-0.39, 0.29) is 5.41 Å². The van der Waals surface area contributed by atoms with Gasteiger partial charge in [-0.1, -0.05) is 80.6 Å². The predicted octanol–water partition coefficient (Wildman–Crippen LogP) is 5.85. The van der Waals surface area contributed by atoms with Gasteiger partial charge in [0.25, 0.3) is 0 Å². The van der Waals surface area contributed by atoms with Crippen molar-refractivity contribution >= 4 is 35.5 Å². The highest BCUT2D eigenvalue weighted by Gasteiger charge is 2.48. The highest BCUT2D eigenvalue weighted by Crippen LogP contribution is 2.61. The molecule has 0 spiro atoms. The number of aromatic nitrogens is 2. The first-order valence-electron chi connectivity index (χ1n) is 11.8. The summed E-state index contributed by atoms with van der Waals surface area (Å²) in [6, 6.07) is 28.1. The largest absolute Gasteiger partial charge is 0.346 e. The number of allylic oxidation sites excluding steroid dienone is 2. The molecule has 0 amide bonds. The number of likely N-dealkylation sites (N-methyl/N-ethyl adjacent to an activating group) is 1. The van der Waals surface area contributed by atoms with Crippen LogP contribution in [0, 0.1) is 6.92 Å². The van der Waals surface area contributed by atoms with Gasteiger partial charge in [0.1, 0.15) is 0 Å². The summed E-state index contributed by atoms with van der Waals surface area (Å²) in [5.74, 6) is 0.640. The average Bonchev–Trinajstić information content (AvgIpc) is 3.32. The molecule has 3 aromatic carbocycles. The lowest BCUT2D eigenvalue weighted by molar-refractivity contribution is 0.588. The van der Waals surface area contributed by atoms with Crippen LogP contribution in [0.3, 0.4) is 0 Å². The van der Waals surface area contributed by atoms with Gasteiger partial charge in [0, 0.05) is 35.4 Å². The fraction of sp³-hybridized carbons (Fsp3) is 0.172. The Balaban J connectivity index is 1.69. The number of benzene rings is 3. The summed E-state index contributed by atoms with van der Waals surface area (Å²) in [5, 5.41) is 7.12. The number of aliphatic imine (C=N–C) groups is 1. The molecule has 0 radical (unpaired) electrons. The Morgan fingerprint density at radius 1 is 0.857 bits per heavy atom. The van der Waals surface area contributed by atoms with E-state index in [9.17, 15) is 0 Å². The predicted molar refractivity (Wildman–Crippen MR) is 145 cm³/mol.